The second kappa shape index (κ2) is 4.83. The highest BCUT2D eigenvalue weighted by atomic mass is 16.5. The standard InChI is InChI=1S/C14H18N2O3/c17-12-4-2-1-3-11(12)16-10-14(19-9-13(16)18)5-7-15-8-6-14/h1-4,15,17H,5-10H2. The first-order valence-corrected chi connectivity index (χ1v) is 6.63. The summed E-state index contributed by atoms with van der Waals surface area (Å²) in [5.74, 6) is 0.0486. The molecule has 1 amide bonds. The zero-order valence-corrected chi connectivity index (χ0v) is 10.8. The van der Waals surface area contributed by atoms with E-state index in [2.05, 4.69) is 5.32 Å². The summed E-state index contributed by atoms with van der Waals surface area (Å²) in [6.45, 7) is 2.42. The van der Waals surface area contributed by atoms with Gasteiger partial charge in [-0.2, -0.15) is 0 Å². The van der Waals surface area contributed by atoms with Crippen LogP contribution in [0, 0.1) is 0 Å². The van der Waals surface area contributed by atoms with Crippen molar-refractivity contribution in [2.75, 3.05) is 31.1 Å². The van der Waals surface area contributed by atoms with Crippen LogP contribution < -0.4 is 10.2 Å². The summed E-state index contributed by atoms with van der Waals surface area (Å²) in [6, 6.07) is 6.96. The summed E-state index contributed by atoms with van der Waals surface area (Å²) < 4.78 is 5.80. The van der Waals surface area contributed by atoms with Crippen LogP contribution in [0.1, 0.15) is 12.8 Å². The third-order valence-corrected chi connectivity index (χ3v) is 3.94. The number of anilines is 1. The zero-order valence-electron chi connectivity index (χ0n) is 10.8. The minimum atomic E-state index is -0.262. The van der Waals surface area contributed by atoms with E-state index in [4.69, 9.17) is 4.74 Å². The fourth-order valence-corrected chi connectivity index (χ4v) is 2.81. The molecule has 2 N–H and O–H groups in total. The first kappa shape index (κ1) is 12.4. The molecule has 0 saturated carbocycles. The number of nitrogens with one attached hydrogen (secondary N) is 1. The molecule has 3 rings (SSSR count). The van der Waals surface area contributed by atoms with Crippen molar-refractivity contribution in [3.05, 3.63) is 24.3 Å². The average molecular weight is 262 g/mol. The molecule has 1 aromatic carbocycles. The molecule has 0 bridgehead atoms. The van der Waals surface area contributed by atoms with Gasteiger partial charge in [-0.15, -0.1) is 0 Å². The lowest BCUT2D eigenvalue weighted by molar-refractivity contribution is -0.141. The van der Waals surface area contributed by atoms with Crippen LogP contribution in [0.3, 0.4) is 0 Å². The predicted octanol–water partition coefficient (Wildman–Crippen LogP) is 0.878. The number of carbonyl (C=O) groups is 1. The first-order chi connectivity index (χ1) is 9.20. The van der Waals surface area contributed by atoms with E-state index in [1.165, 1.54) is 0 Å². The lowest BCUT2D eigenvalue weighted by Gasteiger charge is -2.44. The monoisotopic (exact) mass is 262 g/mol. The van der Waals surface area contributed by atoms with Gasteiger partial charge in [-0.25, -0.2) is 0 Å². The van der Waals surface area contributed by atoms with E-state index in [1.54, 1.807) is 23.1 Å². The number of morpholine rings is 1. The SMILES string of the molecule is O=C1COC2(CCNCC2)CN1c1ccccc1O. The van der Waals surface area contributed by atoms with Gasteiger partial charge in [-0.1, -0.05) is 12.1 Å². The summed E-state index contributed by atoms with van der Waals surface area (Å²) >= 11 is 0. The van der Waals surface area contributed by atoms with E-state index in [1.807, 2.05) is 6.07 Å². The van der Waals surface area contributed by atoms with Gasteiger partial charge in [-0.05, 0) is 38.1 Å². The van der Waals surface area contributed by atoms with Crippen molar-refractivity contribution in [3.63, 3.8) is 0 Å². The van der Waals surface area contributed by atoms with Gasteiger partial charge in [0, 0.05) is 0 Å². The fourth-order valence-electron chi connectivity index (χ4n) is 2.81. The molecule has 0 aliphatic carbocycles. The Morgan fingerprint density at radius 3 is 2.74 bits per heavy atom. The summed E-state index contributed by atoms with van der Waals surface area (Å²) in [6.07, 6.45) is 1.79. The number of nitrogens with zero attached hydrogens (tertiary/aromatic N) is 1. The minimum Gasteiger partial charge on any atom is -0.506 e. The van der Waals surface area contributed by atoms with Crippen LogP contribution in [-0.4, -0.2) is 42.9 Å². The van der Waals surface area contributed by atoms with E-state index in [0.29, 0.717) is 12.2 Å². The Kier molecular flexibility index (Phi) is 3.16. The molecule has 0 atom stereocenters. The maximum absolute atomic E-state index is 12.0. The van der Waals surface area contributed by atoms with Gasteiger partial charge in [0.2, 0.25) is 0 Å². The van der Waals surface area contributed by atoms with Crippen molar-refractivity contribution in [1.29, 1.82) is 0 Å². The molecule has 0 radical (unpaired) electrons. The highest BCUT2D eigenvalue weighted by Crippen LogP contribution is 2.34. The van der Waals surface area contributed by atoms with Crippen molar-refractivity contribution in [1.82, 2.24) is 5.32 Å². The molecule has 2 heterocycles. The molecule has 5 nitrogen and oxygen atoms in total. The van der Waals surface area contributed by atoms with Gasteiger partial charge in [0.1, 0.15) is 12.4 Å². The molecule has 2 fully saturated rings. The first-order valence-electron chi connectivity index (χ1n) is 6.63. The van der Waals surface area contributed by atoms with Crippen molar-refractivity contribution >= 4 is 11.6 Å². The minimum absolute atomic E-state index is 0.0916. The van der Waals surface area contributed by atoms with Gasteiger partial charge < -0.3 is 20.1 Å². The summed E-state index contributed by atoms with van der Waals surface area (Å²) in [5.41, 5.74) is 0.315. The Balaban J connectivity index is 1.87. The normalized spacial score (nSPS) is 22.7. The van der Waals surface area contributed by atoms with E-state index in [-0.39, 0.29) is 23.9 Å². The van der Waals surface area contributed by atoms with Gasteiger partial charge >= 0.3 is 0 Å². The van der Waals surface area contributed by atoms with Crippen LogP contribution in [0.25, 0.3) is 0 Å². The average Bonchev–Trinajstić information content (AvgIpc) is 2.44. The van der Waals surface area contributed by atoms with E-state index >= 15 is 0 Å². The van der Waals surface area contributed by atoms with Gasteiger partial charge in [-0.3, -0.25) is 4.79 Å². The van der Waals surface area contributed by atoms with Crippen molar-refractivity contribution in [2.45, 2.75) is 18.4 Å². The number of phenols is 1. The topological polar surface area (TPSA) is 61.8 Å². The Hall–Kier alpha value is -1.59. The molecular weight excluding hydrogens is 244 g/mol. The number of carbonyl (C=O) groups excluding carboxylic acids is 1. The quantitative estimate of drug-likeness (QED) is 0.788. The van der Waals surface area contributed by atoms with Crippen LogP contribution in [0.2, 0.25) is 0 Å². The second-order valence-electron chi connectivity index (χ2n) is 5.19. The van der Waals surface area contributed by atoms with Gasteiger partial charge in [0.15, 0.2) is 0 Å². The lowest BCUT2D eigenvalue weighted by Crippen LogP contribution is -2.58. The van der Waals surface area contributed by atoms with Crippen LogP contribution in [0.4, 0.5) is 5.69 Å². The van der Waals surface area contributed by atoms with Gasteiger partial charge in [0.25, 0.3) is 5.91 Å². The number of aromatic hydroxyl groups is 1. The number of ether oxygens (including phenoxy) is 1. The van der Waals surface area contributed by atoms with Crippen molar-refractivity contribution < 1.29 is 14.6 Å². The second-order valence-corrected chi connectivity index (χ2v) is 5.19. The summed E-state index contributed by atoms with van der Waals surface area (Å²) in [4.78, 5) is 13.7. The van der Waals surface area contributed by atoms with Crippen LogP contribution in [0.5, 0.6) is 5.75 Å². The predicted molar refractivity (Wildman–Crippen MR) is 71.2 cm³/mol. The fraction of sp³-hybridized carbons (Fsp3) is 0.500. The summed E-state index contributed by atoms with van der Waals surface area (Å²) in [5, 5.41) is 13.2. The van der Waals surface area contributed by atoms with Crippen molar-refractivity contribution in [2.24, 2.45) is 0 Å². The Bertz CT molecular complexity index is 483. The van der Waals surface area contributed by atoms with E-state index in [0.717, 1.165) is 25.9 Å². The van der Waals surface area contributed by atoms with Crippen LogP contribution >= 0.6 is 0 Å². The third-order valence-electron chi connectivity index (χ3n) is 3.94. The van der Waals surface area contributed by atoms with E-state index in [9.17, 15) is 9.90 Å². The molecule has 19 heavy (non-hydrogen) atoms. The zero-order chi connectivity index (χ0) is 13.3. The van der Waals surface area contributed by atoms with E-state index < -0.39 is 0 Å². The third kappa shape index (κ3) is 2.31. The highest BCUT2D eigenvalue weighted by Gasteiger charge is 2.41. The number of rotatable bonds is 1. The number of amides is 1. The van der Waals surface area contributed by atoms with Crippen molar-refractivity contribution in [3.8, 4) is 5.75 Å². The Labute approximate surface area is 112 Å². The van der Waals surface area contributed by atoms with Crippen LogP contribution in [0.15, 0.2) is 24.3 Å². The number of benzene rings is 1. The number of phenolic OH excluding ortho intramolecular Hbond substituents is 1. The molecule has 2 aliphatic heterocycles. The number of hydrogen-bond acceptors (Lipinski definition) is 4. The molecule has 5 heteroatoms. The molecule has 2 aliphatic rings. The Morgan fingerprint density at radius 2 is 2.00 bits per heavy atom. The van der Waals surface area contributed by atoms with Gasteiger partial charge in [0.05, 0.1) is 17.8 Å². The number of para-hydroxylation sites is 2. The molecule has 0 unspecified atom stereocenters. The number of piperidine rings is 1. The highest BCUT2D eigenvalue weighted by molar-refractivity contribution is 5.96. The molecular formula is C14H18N2O3. The molecule has 2 saturated heterocycles. The molecule has 1 spiro atoms. The number of hydrogen-bond donors (Lipinski definition) is 2. The largest absolute Gasteiger partial charge is 0.506 e. The maximum atomic E-state index is 12.0. The maximum Gasteiger partial charge on any atom is 0.253 e. The Morgan fingerprint density at radius 1 is 1.26 bits per heavy atom. The molecule has 1 aromatic rings. The molecule has 0 aromatic heterocycles. The lowest BCUT2D eigenvalue weighted by atomic mass is 9.90. The summed E-state index contributed by atoms with van der Waals surface area (Å²) in [7, 11) is 0. The smallest absolute Gasteiger partial charge is 0.253 e. The molecule has 102 valence electrons. The van der Waals surface area contributed by atoms with Crippen LogP contribution in [-0.2, 0) is 9.53 Å².